The van der Waals surface area contributed by atoms with E-state index in [1.165, 1.54) is 6.26 Å². The molecule has 1 fully saturated rings. The van der Waals surface area contributed by atoms with Crippen LogP contribution in [-0.2, 0) is 0 Å². The Morgan fingerprint density at radius 3 is 2.76 bits per heavy atom. The lowest BCUT2D eigenvalue weighted by molar-refractivity contribution is 0.0714. The van der Waals surface area contributed by atoms with Gasteiger partial charge in [0.15, 0.2) is 11.6 Å². The summed E-state index contributed by atoms with van der Waals surface area (Å²) in [7, 11) is 1.56. The van der Waals surface area contributed by atoms with E-state index in [1.54, 1.807) is 36.5 Å². The van der Waals surface area contributed by atoms with E-state index in [0.717, 1.165) is 5.82 Å². The van der Waals surface area contributed by atoms with Gasteiger partial charge in [0.2, 0.25) is 5.88 Å². The molecule has 0 aliphatic carbocycles. The molecule has 0 unspecified atom stereocenters. The summed E-state index contributed by atoms with van der Waals surface area (Å²) >= 11 is 0. The molecule has 1 amide bonds. The van der Waals surface area contributed by atoms with Crippen molar-refractivity contribution in [2.75, 3.05) is 38.2 Å². The monoisotopic (exact) mass is 288 g/mol. The zero-order valence-corrected chi connectivity index (χ0v) is 11.7. The second kappa shape index (κ2) is 5.82. The summed E-state index contributed by atoms with van der Waals surface area (Å²) in [5.41, 5.74) is 0. The van der Waals surface area contributed by atoms with Gasteiger partial charge in [-0.05, 0) is 12.1 Å². The Hall–Kier alpha value is -2.57. The van der Waals surface area contributed by atoms with Crippen LogP contribution < -0.4 is 9.64 Å². The summed E-state index contributed by atoms with van der Waals surface area (Å²) in [6, 6.07) is 3.40. The summed E-state index contributed by atoms with van der Waals surface area (Å²) in [4.78, 5) is 24.5. The molecule has 2 aromatic heterocycles. The highest BCUT2D eigenvalue weighted by Gasteiger charge is 2.24. The molecule has 1 aliphatic rings. The summed E-state index contributed by atoms with van der Waals surface area (Å²) in [6.07, 6.45) is 4.78. The number of piperazine rings is 1. The second-order valence-electron chi connectivity index (χ2n) is 4.68. The molecule has 0 saturated carbocycles. The maximum Gasteiger partial charge on any atom is 0.289 e. The minimum absolute atomic E-state index is 0.0728. The molecule has 7 heteroatoms. The number of carbonyl (C=O) groups is 1. The van der Waals surface area contributed by atoms with E-state index >= 15 is 0 Å². The Kier molecular flexibility index (Phi) is 3.72. The van der Waals surface area contributed by atoms with E-state index in [4.69, 9.17) is 9.15 Å². The Bertz CT molecular complexity index is 606. The lowest BCUT2D eigenvalue weighted by Crippen LogP contribution is -2.49. The number of rotatable bonds is 3. The van der Waals surface area contributed by atoms with Gasteiger partial charge in [-0.3, -0.25) is 9.78 Å². The minimum Gasteiger partial charge on any atom is -0.480 e. The molecule has 2 aromatic rings. The number of ether oxygens (including phenoxy) is 1. The first-order valence-electron chi connectivity index (χ1n) is 6.71. The lowest BCUT2D eigenvalue weighted by atomic mass is 10.3. The van der Waals surface area contributed by atoms with Crippen LogP contribution in [0.5, 0.6) is 5.88 Å². The zero-order valence-electron chi connectivity index (χ0n) is 11.7. The molecular weight excluding hydrogens is 272 g/mol. The summed E-state index contributed by atoms with van der Waals surface area (Å²) < 4.78 is 10.2. The van der Waals surface area contributed by atoms with Crippen LogP contribution in [0, 0.1) is 0 Å². The van der Waals surface area contributed by atoms with Gasteiger partial charge >= 0.3 is 0 Å². The van der Waals surface area contributed by atoms with E-state index in [0.29, 0.717) is 37.8 Å². The average Bonchev–Trinajstić information content (AvgIpc) is 3.09. The van der Waals surface area contributed by atoms with Gasteiger partial charge in [-0.25, -0.2) is 0 Å². The summed E-state index contributed by atoms with van der Waals surface area (Å²) in [5, 5.41) is 0. The van der Waals surface area contributed by atoms with Gasteiger partial charge in [-0.1, -0.05) is 0 Å². The molecule has 21 heavy (non-hydrogen) atoms. The number of furan rings is 1. The van der Waals surface area contributed by atoms with Crippen molar-refractivity contribution in [3.8, 4) is 5.88 Å². The number of hydrogen-bond acceptors (Lipinski definition) is 6. The van der Waals surface area contributed by atoms with Gasteiger partial charge in [0.1, 0.15) is 0 Å². The number of methoxy groups -OCH3 is 1. The van der Waals surface area contributed by atoms with Crippen molar-refractivity contribution in [2.24, 2.45) is 0 Å². The fourth-order valence-electron chi connectivity index (χ4n) is 2.28. The number of anilines is 1. The van der Waals surface area contributed by atoms with Crippen molar-refractivity contribution in [1.82, 2.24) is 14.9 Å². The van der Waals surface area contributed by atoms with E-state index in [9.17, 15) is 4.79 Å². The number of hydrogen-bond donors (Lipinski definition) is 0. The molecule has 7 nitrogen and oxygen atoms in total. The summed E-state index contributed by atoms with van der Waals surface area (Å²) in [5.74, 6) is 1.56. The van der Waals surface area contributed by atoms with Gasteiger partial charge in [-0.2, -0.15) is 4.98 Å². The zero-order chi connectivity index (χ0) is 14.7. The van der Waals surface area contributed by atoms with Gasteiger partial charge in [0.05, 0.1) is 25.8 Å². The Morgan fingerprint density at radius 2 is 2.10 bits per heavy atom. The minimum atomic E-state index is -0.0728. The van der Waals surface area contributed by atoms with E-state index in [1.807, 2.05) is 0 Å². The van der Waals surface area contributed by atoms with E-state index in [2.05, 4.69) is 14.9 Å². The van der Waals surface area contributed by atoms with Crippen LogP contribution >= 0.6 is 0 Å². The van der Waals surface area contributed by atoms with Gasteiger partial charge < -0.3 is 19.0 Å². The van der Waals surface area contributed by atoms with Crippen molar-refractivity contribution in [2.45, 2.75) is 0 Å². The van der Waals surface area contributed by atoms with Gasteiger partial charge in [-0.15, -0.1) is 0 Å². The summed E-state index contributed by atoms with van der Waals surface area (Å²) in [6.45, 7) is 2.65. The third-order valence-electron chi connectivity index (χ3n) is 3.43. The van der Waals surface area contributed by atoms with Gasteiger partial charge in [0, 0.05) is 26.2 Å². The molecule has 3 heterocycles. The van der Waals surface area contributed by atoms with Crippen molar-refractivity contribution in [3.63, 3.8) is 0 Å². The molecule has 110 valence electrons. The highest BCUT2D eigenvalue weighted by atomic mass is 16.5. The van der Waals surface area contributed by atoms with Crippen LogP contribution in [-0.4, -0.2) is 54.1 Å². The van der Waals surface area contributed by atoms with E-state index < -0.39 is 0 Å². The Morgan fingerprint density at radius 1 is 1.29 bits per heavy atom. The SMILES string of the molecule is COc1cncc(N2CCN(C(=O)c3ccco3)CC2)n1. The lowest BCUT2D eigenvalue weighted by Gasteiger charge is -2.34. The Labute approximate surface area is 122 Å². The van der Waals surface area contributed by atoms with Crippen LogP contribution in [0.25, 0.3) is 0 Å². The van der Waals surface area contributed by atoms with Crippen molar-refractivity contribution >= 4 is 11.7 Å². The maximum absolute atomic E-state index is 12.2. The number of aromatic nitrogens is 2. The molecule has 0 radical (unpaired) electrons. The van der Waals surface area contributed by atoms with E-state index in [-0.39, 0.29) is 5.91 Å². The third kappa shape index (κ3) is 2.81. The number of carbonyl (C=O) groups excluding carboxylic acids is 1. The average molecular weight is 288 g/mol. The fraction of sp³-hybridized carbons (Fsp3) is 0.357. The van der Waals surface area contributed by atoms with Crippen LogP contribution in [0.3, 0.4) is 0 Å². The number of nitrogens with zero attached hydrogens (tertiary/aromatic N) is 4. The standard InChI is InChI=1S/C14H16N4O3/c1-20-13-10-15-9-12(16-13)17-4-6-18(7-5-17)14(19)11-3-2-8-21-11/h2-3,8-10H,4-7H2,1H3. The fourth-order valence-corrected chi connectivity index (χ4v) is 2.28. The van der Waals surface area contributed by atoms with Crippen LogP contribution in [0.2, 0.25) is 0 Å². The first kappa shape index (κ1) is 13.4. The second-order valence-corrected chi connectivity index (χ2v) is 4.68. The highest BCUT2D eigenvalue weighted by Crippen LogP contribution is 2.17. The largest absolute Gasteiger partial charge is 0.480 e. The molecule has 0 spiro atoms. The van der Waals surface area contributed by atoms with Crippen molar-refractivity contribution < 1.29 is 13.9 Å². The van der Waals surface area contributed by atoms with Crippen LogP contribution in [0.4, 0.5) is 5.82 Å². The van der Waals surface area contributed by atoms with Crippen LogP contribution in [0.15, 0.2) is 35.2 Å². The molecule has 0 atom stereocenters. The predicted octanol–water partition coefficient (Wildman–Crippen LogP) is 1.04. The van der Waals surface area contributed by atoms with Crippen LogP contribution in [0.1, 0.15) is 10.6 Å². The molecule has 1 aliphatic heterocycles. The maximum atomic E-state index is 12.2. The first-order chi connectivity index (χ1) is 10.3. The number of amides is 1. The molecule has 0 N–H and O–H groups in total. The van der Waals surface area contributed by atoms with Crippen molar-refractivity contribution in [1.29, 1.82) is 0 Å². The molecule has 1 saturated heterocycles. The molecule has 0 bridgehead atoms. The molecule has 0 aromatic carbocycles. The first-order valence-corrected chi connectivity index (χ1v) is 6.71. The molecule has 3 rings (SSSR count). The van der Waals surface area contributed by atoms with Crippen molar-refractivity contribution in [3.05, 3.63) is 36.5 Å². The quantitative estimate of drug-likeness (QED) is 0.840. The predicted molar refractivity (Wildman–Crippen MR) is 75.4 cm³/mol. The topological polar surface area (TPSA) is 71.7 Å². The molecular formula is C14H16N4O3. The Balaban J connectivity index is 1.63. The smallest absolute Gasteiger partial charge is 0.289 e. The normalized spacial score (nSPS) is 15.1. The third-order valence-corrected chi connectivity index (χ3v) is 3.43. The van der Waals surface area contributed by atoms with Gasteiger partial charge in [0.25, 0.3) is 5.91 Å². The highest BCUT2D eigenvalue weighted by molar-refractivity contribution is 5.91.